The van der Waals surface area contributed by atoms with Gasteiger partial charge in [-0.3, -0.25) is 0 Å². The molecule has 1 aromatic carbocycles. The van der Waals surface area contributed by atoms with Crippen LogP contribution in [-0.2, 0) is 4.74 Å². The number of benzene rings is 1. The second kappa shape index (κ2) is 5.34. The Morgan fingerprint density at radius 3 is 2.44 bits per heavy atom. The van der Waals surface area contributed by atoms with E-state index in [4.69, 9.17) is 9.84 Å². The molecule has 0 spiro atoms. The van der Waals surface area contributed by atoms with Crippen LogP contribution in [0.5, 0.6) is 0 Å². The molecule has 5 nitrogen and oxygen atoms in total. The highest BCUT2D eigenvalue weighted by Crippen LogP contribution is 2.32. The van der Waals surface area contributed by atoms with Crippen LogP contribution in [0.15, 0.2) is 24.3 Å². The standard InChI is InChI=1S/C13H18O5/c1-7-3-2-4-8(5-7)13-12(17)11(16)10(15)9(6-14)18-13/h2-5,9-17H,6H2,1H3. The molecule has 1 heterocycles. The van der Waals surface area contributed by atoms with Gasteiger partial charge >= 0.3 is 0 Å². The molecule has 0 saturated carbocycles. The summed E-state index contributed by atoms with van der Waals surface area (Å²) in [6, 6.07) is 7.35. The Hall–Kier alpha value is -0.980. The maximum atomic E-state index is 9.95. The summed E-state index contributed by atoms with van der Waals surface area (Å²) in [5.41, 5.74) is 1.72. The van der Waals surface area contributed by atoms with Crippen LogP contribution < -0.4 is 0 Å². The Balaban J connectivity index is 2.27. The van der Waals surface area contributed by atoms with Crippen LogP contribution in [0.3, 0.4) is 0 Å². The molecule has 0 amide bonds. The van der Waals surface area contributed by atoms with Gasteiger partial charge < -0.3 is 25.2 Å². The van der Waals surface area contributed by atoms with Crippen molar-refractivity contribution in [1.29, 1.82) is 0 Å². The van der Waals surface area contributed by atoms with Crippen molar-refractivity contribution < 1.29 is 25.2 Å². The zero-order valence-corrected chi connectivity index (χ0v) is 10.1. The number of aliphatic hydroxyl groups excluding tert-OH is 4. The van der Waals surface area contributed by atoms with Crippen molar-refractivity contribution in [3.63, 3.8) is 0 Å². The van der Waals surface area contributed by atoms with Crippen LogP contribution in [0.25, 0.3) is 0 Å². The quantitative estimate of drug-likeness (QED) is 0.572. The van der Waals surface area contributed by atoms with Crippen LogP contribution in [0.1, 0.15) is 17.2 Å². The molecule has 0 radical (unpaired) electrons. The lowest BCUT2D eigenvalue weighted by molar-refractivity contribution is -0.231. The SMILES string of the molecule is Cc1cccc(C2OC(CO)C(O)C(O)C2O)c1. The summed E-state index contributed by atoms with van der Waals surface area (Å²) >= 11 is 0. The Bertz CT molecular complexity index is 406. The topological polar surface area (TPSA) is 90.2 Å². The summed E-state index contributed by atoms with van der Waals surface area (Å²) in [6.07, 6.45) is -5.48. The molecule has 1 aliphatic rings. The molecule has 2 rings (SSSR count). The summed E-state index contributed by atoms with van der Waals surface area (Å²) in [5.74, 6) is 0. The van der Waals surface area contributed by atoms with Crippen molar-refractivity contribution >= 4 is 0 Å². The molecule has 0 bridgehead atoms. The smallest absolute Gasteiger partial charge is 0.113 e. The monoisotopic (exact) mass is 254 g/mol. The number of ether oxygens (including phenoxy) is 1. The molecule has 100 valence electrons. The normalized spacial score (nSPS) is 36.6. The maximum Gasteiger partial charge on any atom is 0.113 e. The Morgan fingerprint density at radius 2 is 1.83 bits per heavy atom. The third kappa shape index (κ3) is 2.41. The first kappa shape index (κ1) is 13.5. The minimum atomic E-state index is -1.33. The Labute approximate surface area is 105 Å². The summed E-state index contributed by atoms with van der Waals surface area (Å²) < 4.78 is 5.46. The second-order valence-corrected chi connectivity index (χ2v) is 4.66. The van der Waals surface area contributed by atoms with Gasteiger partial charge in [0, 0.05) is 0 Å². The molecule has 1 aliphatic heterocycles. The van der Waals surface area contributed by atoms with E-state index in [1.807, 2.05) is 25.1 Å². The molecule has 1 aromatic rings. The molecule has 5 unspecified atom stereocenters. The van der Waals surface area contributed by atoms with Gasteiger partial charge in [0.1, 0.15) is 30.5 Å². The van der Waals surface area contributed by atoms with Gasteiger partial charge in [0.2, 0.25) is 0 Å². The summed E-state index contributed by atoms with van der Waals surface area (Å²) in [6.45, 7) is 1.50. The van der Waals surface area contributed by atoms with E-state index in [0.29, 0.717) is 5.56 Å². The van der Waals surface area contributed by atoms with Gasteiger partial charge in [0.15, 0.2) is 0 Å². The van der Waals surface area contributed by atoms with Gasteiger partial charge in [0.25, 0.3) is 0 Å². The van der Waals surface area contributed by atoms with E-state index < -0.39 is 37.1 Å². The molecule has 1 fully saturated rings. The predicted molar refractivity (Wildman–Crippen MR) is 63.9 cm³/mol. The van der Waals surface area contributed by atoms with E-state index in [-0.39, 0.29) is 0 Å². The number of rotatable bonds is 2. The van der Waals surface area contributed by atoms with Gasteiger partial charge in [-0.2, -0.15) is 0 Å². The van der Waals surface area contributed by atoms with E-state index in [1.165, 1.54) is 0 Å². The Morgan fingerprint density at radius 1 is 1.11 bits per heavy atom. The fraction of sp³-hybridized carbons (Fsp3) is 0.538. The molecular formula is C13H18O5. The number of hydrogen-bond acceptors (Lipinski definition) is 5. The summed E-state index contributed by atoms with van der Waals surface area (Å²) in [5, 5.41) is 38.4. The number of hydrogen-bond donors (Lipinski definition) is 4. The van der Waals surface area contributed by atoms with Crippen molar-refractivity contribution in [3.8, 4) is 0 Å². The van der Waals surface area contributed by atoms with Gasteiger partial charge in [-0.25, -0.2) is 0 Å². The highest BCUT2D eigenvalue weighted by Gasteiger charge is 2.43. The Kier molecular flexibility index (Phi) is 3.99. The van der Waals surface area contributed by atoms with Crippen molar-refractivity contribution in [3.05, 3.63) is 35.4 Å². The van der Waals surface area contributed by atoms with Crippen molar-refractivity contribution in [2.75, 3.05) is 6.61 Å². The fourth-order valence-electron chi connectivity index (χ4n) is 2.22. The average molecular weight is 254 g/mol. The van der Waals surface area contributed by atoms with Gasteiger partial charge in [-0.05, 0) is 12.5 Å². The lowest BCUT2D eigenvalue weighted by atomic mass is 9.91. The van der Waals surface area contributed by atoms with Crippen LogP contribution >= 0.6 is 0 Å². The highest BCUT2D eigenvalue weighted by atomic mass is 16.5. The molecule has 18 heavy (non-hydrogen) atoms. The van der Waals surface area contributed by atoms with Crippen molar-refractivity contribution in [1.82, 2.24) is 0 Å². The number of aliphatic hydroxyl groups is 4. The maximum absolute atomic E-state index is 9.95. The third-order valence-corrected chi connectivity index (χ3v) is 3.26. The minimum absolute atomic E-state index is 0.409. The van der Waals surface area contributed by atoms with Crippen LogP contribution in [0.2, 0.25) is 0 Å². The fourth-order valence-corrected chi connectivity index (χ4v) is 2.22. The first-order valence-electron chi connectivity index (χ1n) is 5.91. The molecule has 5 heteroatoms. The molecular weight excluding hydrogens is 236 g/mol. The highest BCUT2D eigenvalue weighted by molar-refractivity contribution is 5.26. The first-order valence-corrected chi connectivity index (χ1v) is 5.91. The van der Waals surface area contributed by atoms with E-state index in [1.54, 1.807) is 6.07 Å². The van der Waals surface area contributed by atoms with E-state index in [9.17, 15) is 15.3 Å². The minimum Gasteiger partial charge on any atom is -0.394 e. The van der Waals surface area contributed by atoms with Gasteiger partial charge in [0.05, 0.1) is 6.61 Å². The van der Waals surface area contributed by atoms with Crippen LogP contribution in [0, 0.1) is 6.92 Å². The van der Waals surface area contributed by atoms with Gasteiger partial charge in [-0.1, -0.05) is 29.8 Å². The molecule has 4 N–H and O–H groups in total. The zero-order chi connectivity index (χ0) is 13.3. The summed E-state index contributed by atoms with van der Waals surface area (Å²) in [7, 11) is 0. The second-order valence-electron chi connectivity index (χ2n) is 4.66. The van der Waals surface area contributed by atoms with Crippen molar-refractivity contribution in [2.24, 2.45) is 0 Å². The number of aryl methyl sites for hydroxylation is 1. The first-order chi connectivity index (χ1) is 8.54. The van der Waals surface area contributed by atoms with Crippen LogP contribution in [0.4, 0.5) is 0 Å². The van der Waals surface area contributed by atoms with E-state index >= 15 is 0 Å². The van der Waals surface area contributed by atoms with E-state index in [0.717, 1.165) is 5.56 Å². The molecule has 5 atom stereocenters. The zero-order valence-electron chi connectivity index (χ0n) is 10.1. The predicted octanol–water partition coefficient (Wildman–Crippen LogP) is -0.490. The largest absolute Gasteiger partial charge is 0.394 e. The van der Waals surface area contributed by atoms with E-state index in [2.05, 4.69) is 0 Å². The van der Waals surface area contributed by atoms with Crippen LogP contribution in [-0.4, -0.2) is 51.4 Å². The lowest BCUT2D eigenvalue weighted by Gasteiger charge is -2.40. The average Bonchev–Trinajstić information content (AvgIpc) is 2.36. The van der Waals surface area contributed by atoms with Gasteiger partial charge in [-0.15, -0.1) is 0 Å². The molecule has 0 aromatic heterocycles. The molecule has 0 aliphatic carbocycles. The lowest BCUT2D eigenvalue weighted by Crippen LogP contribution is -2.55. The molecule has 1 saturated heterocycles. The third-order valence-electron chi connectivity index (χ3n) is 3.26. The summed E-state index contributed by atoms with van der Waals surface area (Å²) in [4.78, 5) is 0. The van der Waals surface area contributed by atoms with Crippen molar-refractivity contribution in [2.45, 2.75) is 37.4 Å².